The molecule has 1 atom stereocenters. The van der Waals surface area contributed by atoms with E-state index < -0.39 is 6.04 Å². The first-order chi connectivity index (χ1) is 13.0. The molecule has 1 aliphatic heterocycles. The summed E-state index contributed by atoms with van der Waals surface area (Å²) in [6.45, 7) is 0.591. The van der Waals surface area contributed by atoms with E-state index in [4.69, 9.17) is 23.2 Å². The number of nitrogens with one attached hydrogen (secondary N) is 2. The molecule has 2 aromatic carbocycles. The molecule has 1 aliphatic rings. The molecule has 0 bridgehead atoms. The molecule has 138 valence electrons. The summed E-state index contributed by atoms with van der Waals surface area (Å²) >= 11 is 12.1. The Morgan fingerprint density at radius 1 is 1.15 bits per heavy atom. The maximum Gasteiger partial charge on any atom is 0.251 e. The van der Waals surface area contributed by atoms with Gasteiger partial charge in [0.1, 0.15) is 0 Å². The Morgan fingerprint density at radius 2 is 1.96 bits per heavy atom. The number of aromatic nitrogens is 1. The van der Waals surface area contributed by atoms with Crippen LogP contribution in [-0.2, 0) is 16.0 Å². The Kier molecular flexibility index (Phi) is 4.91. The molecule has 27 heavy (non-hydrogen) atoms. The first kappa shape index (κ1) is 18.0. The van der Waals surface area contributed by atoms with Gasteiger partial charge in [0.05, 0.1) is 23.2 Å². The molecule has 0 aliphatic carbocycles. The van der Waals surface area contributed by atoms with Crippen LogP contribution in [0, 0.1) is 0 Å². The van der Waals surface area contributed by atoms with Crippen molar-refractivity contribution in [3.8, 4) is 0 Å². The zero-order chi connectivity index (χ0) is 19.0. The molecule has 0 unspecified atom stereocenters. The van der Waals surface area contributed by atoms with Gasteiger partial charge in [-0.05, 0) is 36.2 Å². The number of hydrogen-bond donors (Lipinski definition) is 2. The minimum Gasteiger partial charge on any atom is -0.361 e. The average molecular weight is 402 g/mol. The number of hydrogen-bond acceptors (Lipinski definition) is 3. The fourth-order valence-corrected chi connectivity index (χ4v) is 3.92. The predicted molar refractivity (Wildman–Crippen MR) is 107 cm³/mol. The van der Waals surface area contributed by atoms with Crippen LogP contribution in [0.5, 0.6) is 0 Å². The summed E-state index contributed by atoms with van der Waals surface area (Å²) in [6, 6.07) is 12.3. The van der Waals surface area contributed by atoms with E-state index in [-0.39, 0.29) is 23.3 Å². The number of fused-ring (bicyclic) bond motifs is 1. The molecule has 0 spiro atoms. The van der Waals surface area contributed by atoms with E-state index in [0.29, 0.717) is 17.3 Å². The average Bonchev–Trinajstić information content (AvgIpc) is 3.17. The minimum absolute atomic E-state index is 0.117. The number of imide groups is 1. The number of amides is 2. The maximum atomic E-state index is 12.7. The summed E-state index contributed by atoms with van der Waals surface area (Å²) in [5.41, 5.74) is 2.63. The number of nitrogens with zero attached hydrogens (tertiary/aromatic N) is 1. The molecular weight excluding hydrogens is 385 g/mol. The molecule has 2 N–H and O–H groups in total. The van der Waals surface area contributed by atoms with E-state index in [9.17, 15) is 9.59 Å². The van der Waals surface area contributed by atoms with Gasteiger partial charge in [-0.3, -0.25) is 9.59 Å². The van der Waals surface area contributed by atoms with Crippen LogP contribution >= 0.6 is 23.2 Å². The highest BCUT2D eigenvalue weighted by atomic mass is 35.5. The minimum atomic E-state index is -0.547. The van der Waals surface area contributed by atoms with Gasteiger partial charge in [-0.1, -0.05) is 41.4 Å². The van der Waals surface area contributed by atoms with Crippen LogP contribution in [0.1, 0.15) is 12.0 Å². The van der Waals surface area contributed by atoms with Crippen LogP contribution in [0.4, 0.5) is 5.69 Å². The molecule has 1 fully saturated rings. The Balaban J connectivity index is 1.43. The number of benzene rings is 2. The van der Waals surface area contributed by atoms with Crippen molar-refractivity contribution in [2.45, 2.75) is 18.9 Å². The van der Waals surface area contributed by atoms with Gasteiger partial charge in [0.15, 0.2) is 0 Å². The molecule has 4 rings (SSSR count). The van der Waals surface area contributed by atoms with Crippen LogP contribution in [-0.4, -0.2) is 29.4 Å². The van der Waals surface area contributed by atoms with Crippen molar-refractivity contribution in [1.29, 1.82) is 0 Å². The van der Waals surface area contributed by atoms with Gasteiger partial charge in [0.2, 0.25) is 5.91 Å². The Hall–Kier alpha value is -2.34. The normalized spacial score (nSPS) is 17.3. The number of anilines is 1. The molecule has 3 aromatic rings. The number of rotatable bonds is 5. The van der Waals surface area contributed by atoms with E-state index in [1.54, 1.807) is 12.1 Å². The van der Waals surface area contributed by atoms with Crippen LogP contribution in [0.3, 0.4) is 0 Å². The van der Waals surface area contributed by atoms with Gasteiger partial charge in [-0.15, -0.1) is 0 Å². The smallest absolute Gasteiger partial charge is 0.251 e. The van der Waals surface area contributed by atoms with Gasteiger partial charge < -0.3 is 10.3 Å². The summed E-state index contributed by atoms with van der Waals surface area (Å²) < 4.78 is 0. The molecule has 2 heterocycles. The van der Waals surface area contributed by atoms with Crippen molar-refractivity contribution in [2.75, 3.05) is 11.4 Å². The fraction of sp³-hybridized carbons (Fsp3) is 0.200. The quantitative estimate of drug-likeness (QED) is 0.636. The van der Waals surface area contributed by atoms with Gasteiger partial charge >= 0.3 is 0 Å². The first-order valence-corrected chi connectivity index (χ1v) is 9.40. The molecule has 0 radical (unpaired) electrons. The van der Waals surface area contributed by atoms with Gasteiger partial charge in [0.25, 0.3) is 5.91 Å². The van der Waals surface area contributed by atoms with Crippen molar-refractivity contribution >= 4 is 51.6 Å². The lowest BCUT2D eigenvalue weighted by Gasteiger charge is -2.17. The van der Waals surface area contributed by atoms with E-state index in [2.05, 4.69) is 16.4 Å². The second-order valence-corrected chi connectivity index (χ2v) is 7.33. The second kappa shape index (κ2) is 7.35. The SMILES string of the molecule is O=C1C[C@@H](NCCc2c[nH]c3ccccc23)C(=O)N1c1ccc(Cl)cc1Cl. The summed E-state index contributed by atoms with van der Waals surface area (Å²) in [7, 11) is 0. The highest BCUT2D eigenvalue weighted by molar-refractivity contribution is 6.38. The maximum absolute atomic E-state index is 12.7. The lowest BCUT2D eigenvalue weighted by Crippen LogP contribution is -2.39. The van der Waals surface area contributed by atoms with Crippen molar-refractivity contribution in [2.24, 2.45) is 0 Å². The Labute approximate surface area is 166 Å². The highest BCUT2D eigenvalue weighted by Crippen LogP contribution is 2.32. The third kappa shape index (κ3) is 3.46. The largest absolute Gasteiger partial charge is 0.361 e. The molecule has 0 saturated carbocycles. The second-order valence-electron chi connectivity index (χ2n) is 6.48. The number of para-hydroxylation sites is 1. The summed E-state index contributed by atoms with van der Waals surface area (Å²) in [6.07, 6.45) is 2.85. The zero-order valence-corrected chi connectivity index (χ0v) is 15.8. The van der Waals surface area contributed by atoms with Crippen molar-refractivity contribution < 1.29 is 9.59 Å². The predicted octanol–water partition coefficient (Wildman–Crippen LogP) is 3.94. The lowest BCUT2D eigenvalue weighted by atomic mass is 10.1. The van der Waals surface area contributed by atoms with E-state index >= 15 is 0 Å². The van der Waals surface area contributed by atoms with E-state index in [1.165, 1.54) is 17.0 Å². The summed E-state index contributed by atoms with van der Waals surface area (Å²) in [4.78, 5) is 29.5. The van der Waals surface area contributed by atoms with Crippen molar-refractivity contribution in [3.63, 3.8) is 0 Å². The van der Waals surface area contributed by atoms with E-state index in [1.807, 2.05) is 24.4 Å². The molecule has 2 amide bonds. The molecule has 1 saturated heterocycles. The third-order valence-corrected chi connectivity index (χ3v) is 5.30. The molecular formula is C20H17Cl2N3O2. The van der Waals surface area contributed by atoms with Crippen LogP contribution in [0.15, 0.2) is 48.7 Å². The van der Waals surface area contributed by atoms with Crippen molar-refractivity contribution in [3.05, 3.63) is 64.3 Å². The number of aromatic amines is 1. The molecule has 7 heteroatoms. The summed E-state index contributed by atoms with van der Waals surface area (Å²) in [5.74, 6) is -0.558. The Bertz CT molecular complexity index is 1030. The summed E-state index contributed by atoms with van der Waals surface area (Å²) in [5, 5.41) is 5.11. The van der Waals surface area contributed by atoms with Crippen LogP contribution in [0.25, 0.3) is 10.9 Å². The fourth-order valence-electron chi connectivity index (χ4n) is 3.43. The Morgan fingerprint density at radius 3 is 2.78 bits per heavy atom. The van der Waals surface area contributed by atoms with Gasteiger partial charge in [-0.2, -0.15) is 0 Å². The third-order valence-electron chi connectivity index (χ3n) is 4.76. The number of carbonyl (C=O) groups is 2. The lowest BCUT2D eigenvalue weighted by molar-refractivity contribution is -0.121. The molecule has 5 nitrogen and oxygen atoms in total. The van der Waals surface area contributed by atoms with Crippen LogP contribution in [0.2, 0.25) is 10.0 Å². The van der Waals surface area contributed by atoms with Crippen LogP contribution < -0.4 is 10.2 Å². The number of carbonyl (C=O) groups excluding carboxylic acids is 2. The van der Waals surface area contributed by atoms with E-state index in [0.717, 1.165) is 16.8 Å². The topological polar surface area (TPSA) is 65.2 Å². The standard InChI is InChI=1S/C20H17Cl2N3O2/c21-13-5-6-18(15(22)9-13)25-19(26)10-17(20(25)27)23-8-7-12-11-24-16-4-2-1-3-14(12)16/h1-6,9,11,17,23-24H,7-8,10H2/t17-/m1/s1. The van der Waals surface area contributed by atoms with Gasteiger partial charge in [-0.25, -0.2) is 4.90 Å². The molecule has 1 aromatic heterocycles. The van der Waals surface area contributed by atoms with Gasteiger partial charge in [0, 0.05) is 28.7 Å². The number of halogens is 2. The zero-order valence-electron chi connectivity index (χ0n) is 14.3. The van der Waals surface area contributed by atoms with Crippen molar-refractivity contribution in [1.82, 2.24) is 10.3 Å². The highest BCUT2D eigenvalue weighted by Gasteiger charge is 2.40. The monoisotopic (exact) mass is 401 g/mol. The first-order valence-electron chi connectivity index (χ1n) is 8.65. The number of H-pyrrole nitrogens is 1.